The van der Waals surface area contributed by atoms with Crippen LogP contribution in [0, 0.1) is 0 Å². The zero-order valence-electron chi connectivity index (χ0n) is 12.4. The van der Waals surface area contributed by atoms with Gasteiger partial charge in [0, 0.05) is 25.2 Å². The molecule has 0 aliphatic rings. The Labute approximate surface area is 119 Å². The van der Waals surface area contributed by atoms with Crippen molar-refractivity contribution in [2.75, 3.05) is 34.5 Å². The summed E-state index contributed by atoms with van der Waals surface area (Å²) < 4.78 is 15.8. The molecular weight excluding hydrogens is 262 g/mol. The van der Waals surface area contributed by atoms with Crippen LogP contribution in [0.4, 0.5) is 0 Å². The summed E-state index contributed by atoms with van der Waals surface area (Å²) in [4.78, 5) is 0. The third-order valence-corrected chi connectivity index (χ3v) is 2.97. The number of aliphatic hydroxyl groups excluding tert-OH is 1. The highest BCUT2D eigenvalue weighted by molar-refractivity contribution is 5.50. The number of benzene rings is 1. The topological polar surface area (TPSA) is 80.2 Å². The summed E-state index contributed by atoms with van der Waals surface area (Å²) in [6.45, 7) is 1.94. The van der Waals surface area contributed by atoms with Gasteiger partial charge in [0.25, 0.3) is 0 Å². The zero-order chi connectivity index (χ0) is 15.2. The predicted octanol–water partition coefficient (Wildman–Crippen LogP) is 0.545. The molecule has 0 radical (unpaired) electrons. The van der Waals surface area contributed by atoms with Crippen LogP contribution in [0.3, 0.4) is 0 Å². The summed E-state index contributed by atoms with van der Waals surface area (Å²) in [5.41, 5.74) is -0.336. The molecule has 20 heavy (non-hydrogen) atoms. The Kier molecular flexibility index (Phi) is 6.06. The lowest BCUT2D eigenvalue weighted by molar-refractivity contribution is 0.00247. The second-order valence-electron chi connectivity index (χ2n) is 4.77. The first kappa shape index (κ1) is 16.6. The first-order valence-corrected chi connectivity index (χ1v) is 6.30. The molecule has 1 unspecified atom stereocenters. The van der Waals surface area contributed by atoms with Crippen LogP contribution >= 0.6 is 0 Å². The van der Waals surface area contributed by atoms with E-state index in [0.29, 0.717) is 23.8 Å². The molecule has 3 N–H and O–H groups in total. The van der Waals surface area contributed by atoms with Gasteiger partial charge in [0.1, 0.15) is 17.2 Å². The molecule has 0 spiro atoms. The lowest BCUT2D eigenvalue weighted by Gasteiger charge is -2.22. The molecule has 1 aromatic carbocycles. The minimum Gasteiger partial charge on any atom is -0.496 e. The molecule has 0 aromatic heterocycles. The normalized spacial score (nSPS) is 13.7. The van der Waals surface area contributed by atoms with Gasteiger partial charge in [-0.1, -0.05) is 0 Å². The van der Waals surface area contributed by atoms with Crippen molar-refractivity contribution in [2.45, 2.75) is 19.1 Å². The number of methoxy groups -OCH3 is 3. The minimum absolute atomic E-state index is 0.252. The van der Waals surface area contributed by atoms with Crippen molar-refractivity contribution >= 4 is 0 Å². The Morgan fingerprint density at radius 3 is 2.05 bits per heavy atom. The van der Waals surface area contributed by atoms with E-state index in [2.05, 4.69) is 5.32 Å². The van der Waals surface area contributed by atoms with Crippen LogP contribution in [0.2, 0.25) is 0 Å². The predicted molar refractivity (Wildman–Crippen MR) is 75.5 cm³/mol. The van der Waals surface area contributed by atoms with E-state index in [0.717, 1.165) is 5.56 Å². The van der Waals surface area contributed by atoms with Crippen molar-refractivity contribution in [3.63, 3.8) is 0 Å². The molecule has 1 atom stereocenters. The van der Waals surface area contributed by atoms with Gasteiger partial charge in [0.05, 0.1) is 39.1 Å². The van der Waals surface area contributed by atoms with Gasteiger partial charge >= 0.3 is 0 Å². The smallest absolute Gasteiger partial charge is 0.130 e. The van der Waals surface area contributed by atoms with E-state index in [4.69, 9.17) is 19.3 Å². The van der Waals surface area contributed by atoms with Crippen LogP contribution in [0.5, 0.6) is 17.2 Å². The Balaban J connectivity index is 2.87. The molecule has 1 rings (SSSR count). The number of aliphatic hydroxyl groups is 2. The number of hydrogen-bond donors (Lipinski definition) is 3. The molecule has 0 bridgehead atoms. The molecule has 6 heteroatoms. The first-order valence-electron chi connectivity index (χ1n) is 6.30. The molecule has 0 heterocycles. The van der Waals surface area contributed by atoms with Gasteiger partial charge in [-0.05, 0) is 6.92 Å². The third kappa shape index (κ3) is 4.26. The second kappa shape index (κ2) is 7.33. The van der Waals surface area contributed by atoms with Gasteiger partial charge in [0.2, 0.25) is 0 Å². The highest BCUT2D eigenvalue weighted by Crippen LogP contribution is 2.33. The molecule has 114 valence electrons. The molecule has 0 saturated carbocycles. The Morgan fingerprint density at radius 2 is 1.65 bits per heavy atom. The van der Waals surface area contributed by atoms with Crippen LogP contribution < -0.4 is 19.5 Å². The van der Waals surface area contributed by atoms with Crippen molar-refractivity contribution in [2.24, 2.45) is 0 Å². The van der Waals surface area contributed by atoms with Crippen molar-refractivity contribution in [1.82, 2.24) is 5.32 Å². The Morgan fingerprint density at radius 1 is 1.10 bits per heavy atom. The summed E-state index contributed by atoms with van der Waals surface area (Å²) in [7, 11) is 4.72. The Hall–Kier alpha value is -1.50. The number of rotatable bonds is 8. The van der Waals surface area contributed by atoms with E-state index in [1.54, 1.807) is 40.4 Å². The third-order valence-electron chi connectivity index (χ3n) is 2.97. The number of nitrogens with one attached hydrogen (secondary N) is 1. The summed E-state index contributed by atoms with van der Waals surface area (Å²) in [6, 6.07) is 3.54. The van der Waals surface area contributed by atoms with Gasteiger partial charge in [-0.15, -0.1) is 0 Å². The molecule has 0 fully saturated rings. The Bertz CT molecular complexity index is 409. The fraction of sp³-hybridized carbons (Fsp3) is 0.571. The SMILES string of the molecule is COc1cc(OC)c(CNCC(C)(O)CO)c(OC)c1. The standard InChI is InChI=1S/C14H23NO5/c1-14(17,9-16)8-15-7-11-12(19-3)5-10(18-2)6-13(11)20-4/h5-6,15-17H,7-9H2,1-4H3. The average Bonchev–Trinajstić information content (AvgIpc) is 2.46. The van der Waals surface area contributed by atoms with E-state index in [-0.39, 0.29) is 13.2 Å². The quantitative estimate of drug-likeness (QED) is 0.647. The largest absolute Gasteiger partial charge is 0.496 e. The van der Waals surface area contributed by atoms with Gasteiger partial charge in [-0.3, -0.25) is 0 Å². The van der Waals surface area contributed by atoms with E-state index < -0.39 is 5.60 Å². The summed E-state index contributed by atoms with van der Waals surface area (Å²) in [6.07, 6.45) is 0. The summed E-state index contributed by atoms with van der Waals surface area (Å²) >= 11 is 0. The van der Waals surface area contributed by atoms with Gasteiger partial charge < -0.3 is 29.7 Å². The molecule has 6 nitrogen and oxygen atoms in total. The molecule has 0 amide bonds. The van der Waals surface area contributed by atoms with Crippen molar-refractivity contribution < 1.29 is 24.4 Å². The van der Waals surface area contributed by atoms with E-state index in [1.807, 2.05) is 0 Å². The van der Waals surface area contributed by atoms with Gasteiger partial charge in [-0.25, -0.2) is 0 Å². The summed E-state index contributed by atoms with van der Waals surface area (Å²) in [5.74, 6) is 1.92. The van der Waals surface area contributed by atoms with Crippen LogP contribution in [0.15, 0.2) is 12.1 Å². The lowest BCUT2D eigenvalue weighted by atomic mass is 10.1. The summed E-state index contributed by atoms with van der Waals surface area (Å²) in [5, 5.41) is 21.8. The van der Waals surface area contributed by atoms with Gasteiger partial charge in [-0.2, -0.15) is 0 Å². The second-order valence-corrected chi connectivity index (χ2v) is 4.77. The van der Waals surface area contributed by atoms with Crippen molar-refractivity contribution in [1.29, 1.82) is 0 Å². The first-order chi connectivity index (χ1) is 9.47. The van der Waals surface area contributed by atoms with Crippen LogP contribution in [-0.4, -0.2) is 50.3 Å². The fourth-order valence-electron chi connectivity index (χ4n) is 1.76. The molecule has 0 aliphatic heterocycles. The zero-order valence-corrected chi connectivity index (χ0v) is 12.4. The van der Waals surface area contributed by atoms with Crippen LogP contribution in [0.1, 0.15) is 12.5 Å². The molecule has 0 aliphatic carbocycles. The van der Waals surface area contributed by atoms with E-state index in [1.165, 1.54) is 0 Å². The molecule has 0 saturated heterocycles. The maximum atomic E-state index is 9.74. The van der Waals surface area contributed by atoms with Crippen molar-refractivity contribution in [3.8, 4) is 17.2 Å². The monoisotopic (exact) mass is 285 g/mol. The highest BCUT2D eigenvalue weighted by atomic mass is 16.5. The average molecular weight is 285 g/mol. The van der Waals surface area contributed by atoms with Crippen molar-refractivity contribution in [3.05, 3.63) is 17.7 Å². The highest BCUT2D eigenvalue weighted by Gasteiger charge is 2.19. The lowest BCUT2D eigenvalue weighted by Crippen LogP contribution is -2.40. The molecule has 1 aromatic rings. The van der Waals surface area contributed by atoms with E-state index in [9.17, 15) is 5.11 Å². The maximum Gasteiger partial charge on any atom is 0.130 e. The van der Waals surface area contributed by atoms with E-state index >= 15 is 0 Å². The maximum absolute atomic E-state index is 9.74. The van der Waals surface area contributed by atoms with Gasteiger partial charge in [0.15, 0.2) is 0 Å². The van der Waals surface area contributed by atoms with Crippen LogP contribution in [0.25, 0.3) is 0 Å². The van der Waals surface area contributed by atoms with Crippen LogP contribution in [-0.2, 0) is 6.54 Å². The minimum atomic E-state index is -1.16. The fourth-order valence-corrected chi connectivity index (χ4v) is 1.76. The molecular formula is C14H23NO5. The number of hydrogen-bond acceptors (Lipinski definition) is 6. The number of ether oxygens (including phenoxy) is 3.